The van der Waals surface area contributed by atoms with Crippen LogP contribution in [0.2, 0.25) is 0 Å². The van der Waals surface area contributed by atoms with E-state index >= 15 is 0 Å². The molecule has 0 aliphatic carbocycles. The number of aliphatic hydroxyl groups is 1. The van der Waals surface area contributed by atoms with Crippen LogP contribution in [0.1, 0.15) is 18.3 Å². The molecule has 0 aromatic carbocycles. The van der Waals surface area contributed by atoms with Crippen LogP contribution in [0.25, 0.3) is 0 Å². The summed E-state index contributed by atoms with van der Waals surface area (Å²) in [5.41, 5.74) is 7.42. The lowest BCUT2D eigenvalue weighted by Gasteiger charge is -2.06. The maximum absolute atomic E-state index is 9.35. The predicted molar refractivity (Wildman–Crippen MR) is 51.4 cm³/mol. The number of aryl methyl sites for hydroxylation is 2. The lowest BCUT2D eigenvalue weighted by Crippen LogP contribution is -2.23. The number of aliphatic hydroxyl groups excluding tert-OH is 1. The van der Waals surface area contributed by atoms with E-state index in [1.54, 1.807) is 4.68 Å². The van der Waals surface area contributed by atoms with Crippen LogP contribution in [-0.2, 0) is 19.9 Å². The first kappa shape index (κ1) is 10.2. The highest BCUT2D eigenvalue weighted by Gasteiger charge is 2.08. The summed E-state index contributed by atoms with van der Waals surface area (Å²) in [6, 6.07) is 2.01. The Labute approximate surface area is 78.4 Å². The Kier molecular flexibility index (Phi) is 3.45. The van der Waals surface area contributed by atoms with Gasteiger partial charge in [-0.3, -0.25) is 4.68 Å². The van der Waals surface area contributed by atoms with Gasteiger partial charge in [0.2, 0.25) is 0 Å². The van der Waals surface area contributed by atoms with Crippen LogP contribution in [0.5, 0.6) is 0 Å². The predicted octanol–water partition coefficient (Wildman–Crippen LogP) is -0.155. The standard InChI is InChI=1S/C9H17N3O/c1-3-7-4-8(12(2)11-7)5-9(13)6-10/h4,9,13H,3,5-6,10H2,1-2H3. The van der Waals surface area contributed by atoms with Crippen molar-refractivity contribution in [3.05, 3.63) is 17.5 Å². The maximum Gasteiger partial charge on any atom is 0.0717 e. The number of rotatable bonds is 4. The largest absolute Gasteiger partial charge is 0.391 e. The molecule has 0 saturated carbocycles. The van der Waals surface area contributed by atoms with Crippen LogP contribution in [0, 0.1) is 0 Å². The van der Waals surface area contributed by atoms with E-state index in [0.29, 0.717) is 13.0 Å². The first-order valence-electron chi connectivity index (χ1n) is 4.57. The Morgan fingerprint density at radius 2 is 2.38 bits per heavy atom. The van der Waals surface area contributed by atoms with Gasteiger partial charge >= 0.3 is 0 Å². The van der Waals surface area contributed by atoms with Crippen molar-refractivity contribution in [1.82, 2.24) is 9.78 Å². The van der Waals surface area contributed by atoms with Crippen molar-refractivity contribution in [3.63, 3.8) is 0 Å². The molecular weight excluding hydrogens is 166 g/mol. The van der Waals surface area contributed by atoms with Gasteiger partial charge in [0.25, 0.3) is 0 Å². The molecule has 4 nitrogen and oxygen atoms in total. The minimum Gasteiger partial charge on any atom is -0.391 e. The Balaban J connectivity index is 2.70. The lowest BCUT2D eigenvalue weighted by molar-refractivity contribution is 0.181. The number of hydrogen-bond donors (Lipinski definition) is 2. The van der Waals surface area contributed by atoms with Crippen LogP contribution in [0.3, 0.4) is 0 Å². The second-order valence-corrected chi connectivity index (χ2v) is 3.20. The third kappa shape index (κ3) is 2.54. The third-order valence-corrected chi connectivity index (χ3v) is 2.11. The van der Waals surface area contributed by atoms with Gasteiger partial charge in [-0.2, -0.15) is 5.10 Å². The van der Waals surface area contributed by atoms with Crippen LogP contribution < -0.4 is 5.73 Å². The molecule has 1 atom stereocenters. The fourth-order valence-corrected chi connectivity index (χ4v) is 1.26. The molecule has 3 N–H and O–H groups in total. The zero-order valence-electron chi connectivity index (χ0n) is 8.20. The van der Waals surface area contributed by atoms with Crippen molar-refractivity contribution in [2.75, 3.05) is 6.54 Å². The Bertz CT molecular complexity index is 270. The lowest BCUT2D eigenvalue weighted by atomic mass is 10.2. The Hall–Kier alpha value is -0.870. The molecule has 1 heterocycles. The fourth-order valence-electron chi connectivity index (χ4n) is 1.26. The van der Waals surface area contributed by atoms with Gasteiger partial charge in [-0.25, -0.2) is 0 Å². The van der Waals surface area contributed by atoms with Crippen LogP contribution in [0.4, 0.5) is 0 Å². The van der Waals surface area contributed by atoms with E-state index in [9.17, 15) is 5.11 Å². The molecule has 0 amide bonds. The fraction of sp³-hybridized carbons (Fsp3) is 0.667. The number of hydrogen-bond acceptors (Lipinski definition) is 3. The summed E-state index contributed by atoms with van der Waals surface area (Å²) in [5, 5.41) is 13.6. The van der Waals surface area contributed by atoms with Crippen LogP contribution in [0.15, 0.2) is 6.07 Å². The van der Waals surface area contributed by atoms with Gasteiger partial charge in [-0.15, -0.1) is 0 Å². The normalized spacial score (nSPS) is 13.2. The van der Waals surface area contributed by atoms with Crippen molar-refractivity contribution in [2.24, 2.45) is 12.8 Å². The molecule has 0 saturated heterocycles. The zero-order chi connectivity index (χ0) is 9.84. The van der Waals surface area contributed by atoms with Gasteiger partial charge in [0.05, 0.1) is 11.8 Å². The van der Waals surface area contributed by atoms with E-state index in [1.165, 1.54) is 0 Å². The Morgan fingerprint density at radius 3 is 2.85 bits per heavy atom. The molecule has 1 aromatic rings. The molecule has 1 aromatic heterocycles. The van der Waals surface area contributed by atoms with Gasteiger partial charge in [0.1, 0.15) is 0 Å². The molecule has 0 radical (unpaired) electrons. The average molecular weight is 183 g/mol. The quantitative estimate of drug-likeness (QED) is 0.682. The summed E-state index contributed by atoms with van der Waals surface area (Å²) in [6.45, 7) is 2.36. The summed E-state index contributed by atoms with van der Waals surface area (Å²) in [5.74, 6) is 0. The van der Waals surface area contributed by atoms with Crippen LogP contribution >= 0.6 is 0 Å². The molecule has 0 aliphatic rings. The van der Waals surface area contributed by atoms with Gasteiger partial charge < -0.3 is 10.8 Å². The van der Waals surface area contributed by atoms with Gasteiger partial charge in [-0.05, 0) is 12.5 Å². The number of nitrogens with two attached hydrogens (primary N) is 1. The van der Waals surface area contributed by atoms with Crippen molar-refractivity contribution in [3.8, 4) is 0 Å². The average Bonchev–Trinajstić information content (AvgIpc) is 2.47. The SMILES string of the molecule is CCc1cc(CC(O)CN)n(C)n1. The second-order valence-electron chi connectivity index (χ2n) is 3.20. The second kappa shape index (κ2) is 4.39. The maximum atomic E-state index is 9.35. The van der Waals surface area contributed by atoms with E-state index < -0.39 is 6.10 Å². The third-order valence-electron chi connectivity index (χ3n) is 2.11. The van der Waals surface area contributed by atoms with Gasteiger partial charge in [0.15, 0.2) is 0 Å². The molecule has 1 unspecified atom stereocenters. The van der Waals surface area contributed by atoms with E-state index in [2.05, 4.69) is 12.0 Å². The number of nitrogens with zero attached hydrogens (tertiary/aromatic N) is 2. The first-order valence-corrected chi connectivity index (χ1v) is 4.57. The van der Waals surface area contributed by atoms with E-state index in [4.69, 9.17) is 5.73 Å². The highest BCUT2D eigenvalue weighted by atomic mass is 16.3. The molecule has 74 valence electrons. The monoisotopic (exact) mass is 183 g/mol. The van der Waals surface area contributed by atoms with Crippen molar-refractivity contribution >= 4 is 0 Å². The molecule has 0 aliphatic heterocycles. The summed E-state index contributed by atoms with van der Waals surface area (Å²) >= 11 is 0. The molecule has 0 fully saturated rings. The smallest absolute Gasteiger partial charge is 0.0717 e. The van der Waals surface area contributed by atoms with Gasteiger partial charge in [-0.1, -0.05) is 6.92 Å². The van der Waals surface area contributed by atoms with Gasteiger partial charge in [0, 0.05) is 25.7 Å². The topological polar surface area (TPSA) is 64.1 Å². The molecular formula is C9H17N3O. The summed E-state index contributed by atoms with van der Waals surface area (Å²) in [7, 11) is 1.89. The summed E-state index contributed by atoms with van der Waals surface area (Å²) < 4.78 is 1.80. The highest BCUT2D eigenvalue weighted by molar-refractivity contribution is 5.11. The minimum atomic E-state index is -0.458. The van der Waals surface area contributed by atoms with Crippen molar-refractivity contribution in [2.45, 2.75) is 25.9 Å². The molecule has 1 rings (SSSR count). The minimum absolute atomic E-state index is 0.298. The first-order chi connectivity index (χ1) is 6.17. The van der Waals surface area contributed by atoms with E-state index in [-0.39, 0.29) is 0 Å². The summed E-state index contributed by atoms with van der Waals surface area (Å²) in [6.07, 6.45) is 1.05. The highest BCUT2D eigenvalue weighted by Crippen LogP contribution is 2.06. The summed E-state index contributed by atoms with van der Waals surface area (Å²) in [4.78, 5) is 0. The zero-order valence-corrected chi connectivity index (χ0v) is 8.20. The van der Waals surface area contributed by atoms with Crippen molar-refractivity contribution < 1.29 is 5.11 Å². The Morgan fingerprint density at radius 1 is 1.69 bits per heavy atom. The van der Waals surface area contributed by atoms with Crippen LogP contribution in [-0.4, -0.2) is 27.5 Å². The van der Waals surface area contributed by atoms with E-state index in [1.807, 2.05) is 13.1 Å². The molecule has 4 heteroatoms. The molecule has 13 heavy (non-hydrogen) atoms. The van der Waals surface area contributed by atoms with E-state index in [0.717, 1.165) is 17.8 Å². The number of aromatic nitrogens is 2. The molecule has 0 bridgehead atoms. The molecule has 0 spiro atoms. The van der Waals surface area contributed by atoms with Crippen molar-refractivity contribution in [1.29, 1.82) is 0 Å².